The van der Waals surface area contributed by atoms with Gasteiger partial charge in [-0.2, -0.15) is 0 Å². The second-order valence-electron chi connectivity index (χ2n) is 8.73. The third kappa shape index (κ3) is 2.96. The minimum atomic E-state index is -1.93. The van der Waals surface area contributed by atoms with Crippen molar-refractivity contribution < 1.29 is 14.0 Å². The molecule has 1 aliphatic heterocycles. The fraction of sp³-hybridized carbons (Fsp3) is 0.550. The molecule has 1 aromatic carbocycles. The Bertz CT molecular complexity index is 756. The number of methoxy groups -OCH3 is 1. The molecule has 142 valence electrons. The van der Waals surface area contributed by atoms with E-state index >= 15 is 0 Å². The summed E-state index contributed by atoms with van der Waals surface area (Å²) >= 11 is 3.72. The molecule has 1 aliphatic carbocycles. The second-order valence-corrected chi connectivity index (χ2v) is 14.4. The van der Waals surface area contributed by atoms with Crippen LogP contribution in [0, 0.1) is 0 Å². The molecule has 3 rings (SSSR count). The first-order valence-electron chi connectivity index (χ1n) is 9.03. The Balaban J connectivity index is 2.02. The van der Waals surface area contributed by atoms with Crippen LogP contribution in [-0.2, 0) is 19.4 Å². The molecule has 0 saturated carbocycles. The SMILES string of the molecule is COC(=O)[C@@]12C=C(Br)[C@@H](O[Si](C)(C)C(C)(C)C)C[C@@H]1Nc1ccccc12. The minimum absolute atomic E-state index is 0.0551. The van der Waals surface area contributed by atoms with Crippen LogP contribution in [-0.4, -0.2) is 33.5 Å². The normalized spacial score (nSPS) is 27.9. The number of anilines is 1. The maximum atomic E-state index is 12.9. The topological polar surface area (TPSA) is 47.6 Å². The van der Waals surface area contributed by atoms with Crippen molar-refractivity contribution in [2.75, 3.05) is 12.4 Å². The number of rotatable bonds is 3. The summed E-state index contributed by atoms with van der Waals surface area (Å²) in [7, 11) is -0.479. The predicted molar refractivity (Wildman–Crippen MR) is 111 cm³/mol. The van der Waals surface area contributed by atoms with Crippen LogP contribution in [0.25, 0.3) is 0 Å². The van der Waals surface area contributed by atoms with Crippen molar-refractivity contribution >= 4 is 35.9 Å². The number of nitrogens with one attached hydrogen (secondary N) is 1. The van der Waals surface area contributed by atoms with Crippen molar-refractivity contribution in [1.82, 2.24) is 0 Å². The van der Waals surface area contributed by atoms with Crippen LogP contribution in [0.2, 0.25) is 18.1 Å². The standard InChI is InChI=1S/C20H28BrNO3Si/c1-19(2,3)26(5,6)25-16-11-17-20(12-14(16)21,18(23)24-4)13-9-7-8-10-15(13)22-17/h7-10,12,16-17,22H,11H2,1-6H3/t16-,17-,20+/m0/s1. The van der Waals surface area contributed by atoms with E-state index in [0.717, 1.165) is 15.7 Å². The van der Waals surface area contributed by atoms with Gasteiger partial charge < -0.3 is 14.5 Å². The number of hydrogen-bond donors (Lipinski definition) is 1. The van der Waals surface area contributed by atoms with Crippen molar-refractivity contribution in [3.8, 4) is 0 Å². The van der Waals surface area contributed by atoms with Gasteiger partial charge in [-0.15, -0.1) is 0 Å². The zero-order chi connectivity index (χ0) is 19.3. The Morgan fingerprint density at radius 2 is 1.96 bits per heavy atom. The Labute approximate surface area is 165 Å². The number of carbonyl (C=O) groups excluding carboxylic acids is 1. The van der Waals surface area contributed by atoms with Crippen LogP contribution >= 0.6 is 15.9 Å². The van der Waals surface area contributed by atoms with E-state index in [2.05, 4.69) is 55.1 Å². The van der Waals surface area contributed by atoms with Gasteiger partial charge in [0.25, 0.3) is 0 Å². The average Bonchev–Trinajstić information content (AvgIpc) is 2.87. The van der Waals surface area contributed by atoms with Gasteiger partial charge in [0, 0.05) is 10.2 Å². The molecule has 0 saturated heterocycles. The molecule has 0 bridgehead atoms. The number of esters is 1. The van der Waals surface area contributed by atoms with E-state index in [1.54, 1.807) is 0 Å². The molecule has 1 N–H and O–H groups in total. The number of fused-ring (bicyclic) bond motifs is 3. The minimum Gasteiger partial charge on any atom is -0.468 e. The van der Waals surface area contributed by atoms with Crippen LogP contribution in [0.1, 0.15) is 32.8 Å². The molecular weight excluding hydrogens is 410 g/mol. The lowest BCUT2D eigenvalue weighted by atomic mass is 9.71. The average molecular weight is 438 g/mol. The molecule has 26 heavy (non-hydrogen) atoms. The zero-order valence-electron chi connectivity index (χ0n) is 16.4. The van der Waals surface area contributed by atoms with Crippen LogP contribution in [0.4, 0.5) is 5.69 Å². The van der Waals surface area contributed by atoms with Gasteiger partial charge >= 0.3 is 5.97 Å². The van der Waals surface area contributed by atoms with E-state index < -0.39 is 13.7 Å². The van der Waals surface area contributed by atoms with Gasteiger partial charge in [-0.1, -0.05) is 54.9 Å². The number of carbonyl (C=O) groups is 1. The summed E-state index contributed by atoms with van der Waals surface area (Å²) < 4.78 is 12.8. The number of halogens is 1. The van der Waals surface area contributed by atoms with Gasteiger partial charge in [0.15, 0.2) is 8.32 Å². The first kappa shape index (κ1) is 19.6. The highest BCUT2D eigenvalue weighted by Crippen LogP contribution is 2.50. The van der Waals surface area contributed by atoms with E-state index in [-0.39, 0.29) is 23.2 Å². The van der Waals surface area contributed by atoms with Gasteiger partial charge in [-0.05, 0) is 42.3 Å². The number of para-hydroxylation sites is 1. The first-order valence-corrected chi connectivity index (χ1v) is 12.7. The quantitative estimate of drug-likeness (QED) is 0.535. The Morgan fingerprint density at radius 3 is 2.58 bits per heavy atom. The summed E-state index contributed by atoms with van der Waals surface area (Å²) in [6.07, 6.45) is 2.66. The molecule has 2 aliphatic rings. The summed E-state index contributed by atoms with van der Waals surface area (Å²) in [4.78, 5) is 12.9. The lowest BCUT2D eigenvalue weighted by Crippen LogP contribution is -2.52. The first-order chi connectivity index (χ1) is 12.0. The molecule has 6 heteroatoms. The predicted octanol–water partition coefficient (Wildman–Crippen LogP) is 4.96. The van der Waals surface area contributed by atoms with Gasteiger partial charge in [-0.25, -0.2) is 0 Å². The Kier molecular flexibility index (Phi) is 4.91. The van der Waals surface area contributed by atoms with Crippen molar-refractivity contribution in [2.45, 2.75) is 62.9 Å². The molecule has 1 heterocycles. The summed E-state index contributed by atoms with van der Waals surface area (Å²) in [6.45, 7) is 11.2. The highest BCUT2D eigenvalue weighted by Gasteiger charge is 2.56. The van der Waals surface area contributed by atoms with Crippen LogP contribution in [0.15, 0.2) is 34.8 Å². The Morgan fingerprint density at radius 1 is 1.31 bits per heavy atom. The maximum absolute atomic E-state index is 12.9. The van der Waals surface area contributed by atoms with Crippen LogP contribution in [0.5, 0.6) is 0 Å². The third-order valence-corrected chi connectivity index (χ3v) is 11.4. The van der Waals surface area contributed by atoms with E-state index in [1.807, 2.05) is 30.3 Å². The van der Waals surface area contributed by atoms with Gasteiger partial charge in [0.2, 0.25) is 0 Å². The molecule has 0 unspecified atom stereocenters. The molecule has 1 aromatic rings. The van der Waals surface area contributed by atoms with Gasteiger partial charge in [-0.3, -0.25) is 4.79 Å². The largest absolute Gasteiger partial charge is 0.468 e. The summed E-state index contributed by atoms with van der Waals surface area (Å²) in [5.41, 5.74) is 1.16. The number of benzene rings is 1. The van der Waals surface area contributed by atoms with Crippen molar-refractivity contribution in [1.29, 1.82) is 0 Å². The van der Waals surface area contributed by atoms with Crippen molar-refractivity contribution in [2.24, 2.45) is 0 Å². The number of hydrogen-bond acceptors (Lipinski definition) is 4. The monoisotopic (exact) mass is 437 g/mol. The summed E-state index contributed by atoms with van der Waals surface area (Å²) in [6, 6.07) is 7.89. The molecule has 0 radical (unpaired) electrons. The maximum Gasteiger partial charge on any atom is 0.322 e. The molecule has 4 nitrogen and oxygen atoms in total. The van der Waals surface area contributed by atoms with Gasteiger partial charge in [0.1, 0.15) is 5.41 Å². The Hall–Kier alpha value is -1.11. The zero-order valence-corrected chi connectivity index (χ0v) is 18.9. The van der Waals surface area contributed by atoms with Crippen molar-refractivity contribution in [3.63, 3.8) is 0 Å². The van der Waals surface area contributed by atoms with E-state index in [0.29, 0.717) is 6.42 Å². The fourth-order valence-corrected chi connectivity index (χ4v) is 5.74. The highest BCUT2D eigenvalue weighted by atomic mass is 79.9. The molecule has 0 aromatic heterocycles. The molecule has 0 fully saturated rings. The number of ether oxygens (including phenoxy) is 1. The van der Waals surface area contributed by atoms with Gasteiger partial charge in [0.05, 0.1) is 19.3 Å². The van der Waals surface area contributed by atoms with E-state index in [1.165, 1.54) is 7.11 Å². The van der Waals surface area contributed by atoms with E-state index in [9.17, 15) is 4.79 Å². The molecule has 0 spiro atoms. The third-order valence-electron chi connectivity index (χ3n) is 6.14. The van der Waals surface area contributed by atoms with Crippen molar-refractivity contribution in [3.05, 3.63) is 40.4 Å². The fourth-order valence-electron chi connectivity index (χ4n) is 3.64. The molecule has 3 atom stereocenters. The lowest BCUT2D eigenvalue weighted by Gasteiger charge is -2.43. The van der Waals surface area contributed by atoms with Crippen LogP contribution in [0.3, 0.4) is 0 Å². The summed E-state index contributed by atoms with van der Waals surface area (Å²) in [5, 5.41) is 3.66. The summed E-state index contributed by atoms with van der Waals surface area (Å²) in [5.74, 6) is -0.234. The lowest BCUT2D eigenvalue weighted by molar-refractivity contribution is -0.146. The highest BCUT2D eigenvalue weighted by molar-refractivity contribution is 9.11. The van der Waals surface area contributed by atoms with E-state index in [4.69, 9.17) is 9.16 Å². The molecule has 0 amide bonds. The second kappa shape index (κ2) is 6.50. The smallest absolute Gasteiger partial charge is 0.322 e. The molecular formula is C20H28BrNO3Si. The van der Waals surface area contributed by atoms with Crippen LogP contribution < -0.4 is 5.32 Å².